The Kier molecular flexibility index (Phi) is 2.45. The highest BCUT2D eigenvalue weighted by atomic mass is 79.9. The van der Waals surface area contributed by atoms with Crippen molar-refractivity contribution in [2.75, 3.05) is 5.73 Å². The molecule has 0 bridgehead atoms. The summed E-state index contributed by atoms with van der Waals surface area (Å²) in [7, 11) is 0. The van der Waals surface area contributed by atoms with Gasteiger partial charge in [0.15, 0.2) is 5.82 Å². The summed E-state index contributed by atoms with van der Waals surface area (Å²) in [4.78, 5) is 8.27. The Balaban J connectivity index is 2.48. The number of nitrogen functional groups attached to an aromatic ring is 1. The number of anilines is 1. The van der Waals surface area contributed by atoms with Crippen molar-refractivity contribution in [3.63, 3.8) is 0 Å². The molecule has 2 N–H and O–H groups in total. The Hall–Kier alpha value is -1.42. The summed E-state index contributed by atoms with van der Waals surface area (Å²) in [5, 5.41) is 0. The first kappa shape index (κ1) is 9.15. The normalized spacial score (nSPS) is 10.1. The van der Waals surface area contributed by atoms with Crippen LogP contribution in [0, 0.1) is 6.07 Å². The minimum Gasteiger partial charge on any atom is -0.381 e. The van der Waals surface area contributed by atoms with Crippen LogP contribution in [0.2, 0.25) is 0 Å². The fourth-order valence-corrected chi connectivity index (χ4v) is 1.37. The third-order valence-electron chi connectivity index (χ3n) is 1.77. The van der Waals surface area contributed by atoms with Crippen LogP contribution in [0.4, 0.5) is 5.82 Å². The number of halogens is 1. The van der Waals surface area contributed by atoms with Gasteiger partial charge in [-0.1, -0.05) is 24.3 Å². The molecule has 1 heterocycles. The first-order valence-corrected chi connectivity index (χ1v) is 4.81. The molecule has 0 saturated carbocycles. The molecule has 0 fully saturated rings. The van der Waals surface area contributed by atoms with Crippen LogP contribution in [0.3, 0.4) is 0 Å². The number of hydrogen-bond acceptors (Lipinski definition) is 3. The van der Waals surface area contributed by atoms with E-state index in [-0.39, 0.29) is 0 Å². The van der Waals surface area contributed by atoms with Crippen molar-refractivity contribution in [3.05, 3.63) is 41.1 Å². The van der Waals surface area contributed by atoms with Crippen molar-refractivity contribution < 1.29 is 0 Å². The van der Waals surface area contributed by atoms with Crippen molar-refractivity contribution >= 4 is 21.7 Å². The Morgan fingerprint density at radius 2 is 2.00 bits per heavy atom. The molecule has 69 valence electrons. The molecule has 1 aromatic heterocycles. The van der Waals surface area contributed by atoms with Gasteiger partial charge in [-0.15, -0.1) is 0 Å². The van der Waals surface area contributed by atoms with Crippen LogP contribution in [0.1, 0.15) is 0 Å². The topological polar surface area (TPSA) is 51.8 Å². The van der Waals surface area contributed by atoms with Crippen LogP contribution < -0.4 is 5.73 Å². The van der Waals surface area contributed by atoms with E-state index in [1.165, 1.54) is 0 Å². The van der Waals surface area contributed by atoms with E-state index >= 15 is 0 Å². The van der Waals surface area contributed by atoms with Gasteiger partial charge in [0.2, 0.25) is 0 Å². The number of nitrogens with two attached hydrogens (primary N) is 1. The number of nitrogens with zero attached hydrogens (tertiary/aromatic N) is 2. The predicted octanol–water partition coefficient (Wildman–Crippen LogP) is 2.29. The van der Waals surface area contributed by atoms with E-state index < -0.39 is 0 Å². The first-order chi connectivity index (χ1) is 6.77. The molecule has 0 unspecified atom stereocenters. The molecule has 0 aliphatic carbocycles. The highest BCUT2D eigenvalue weighted by Crippen LogP contribution is 2.20. The molecule has 0 aliphatic heterocycles. The highest BCUT2D eigenvalue weighted by Gasteiger charge is 2.02. The van der Waals surface area contributed by atoms with E-state index in [1.807, 2.05) is 24.3 Å². The average molecular weight is 249 g/mol. The lowest BCUT2D eigenvalue weighted by atomic mass is 10.2. The van der Waals surface area contributed by atoms with E-state index in [4.69, 9.17) is 5.73 Å². The van der Waals surface area contributed by atoms with Crippen LogP contribution in [-0.4, -0.2) is 9.97 Å². The summed E-state index contributed by atoms with van der Waals surface area (Å²) < 4.78 is 0.572. The van der Waals surface area contributed by atoms with Crippen LogP contribution in [-0.2, 0) is 0 Å². The van der Waals surface area contributed by atoms with Crippen molar-refractivity contribution in [3.8, 4) is 11.3 Å². The number of hydrogen-bond donors (Lipinski definition) is 1. The van der Waals surface area contributed by atoms with Gasteiger partial charge in [0.25, 0.3) is 0 Å². The van der Waals surface area contributed by atoms with E-state index in [1.54, 1.807) is 6.20 Å². The molecular weight excluding hydrogens is 242 g/mol. The quantitative estimate of drug-likeness (QED) is 0.843. The maximum absolute atomic E-state index is 5.54. The maximum Gasteiger partial charge on any atom is 0.156 e. The van der Waals surface area contributed by atoms with E-state index in [9.17, 15) is 0 Å². The summed E-state index contributed by atoms with van der Waals surface area (Å²) in [5.41, 5.74) is 7.33. The lowest BCUT2D eigenvalue weighted by Gasteiger charge is -2.01. The largest absolute Gasteiger partial charge is 0.381 e. The second-order valence-electron chi connectivity index (χ2n) is 2.72. The lowest BCUT2D eigenvalue weighted by molar-refractivity contribution is 1.18. The van der Waals surface area contributed by atoms with Crippen molar-refractivity contribution in [2.45, 2.75) is 0 Å². The van der Waals surface area contributed by atoms with E-state index in [2.05, 4.69) is 32.0 Å². The van der Waals surface area contributed by atoms with Crippen molar-refractivity contribution in [1.29, 1.82) is 0 Å². The van der Waals surface area contributed by atoms with Gasteiger partial charge in [0.1, 0.15) is 4.60 Å². The molecule has 2 aromatic rings. The molecule has 0 atom stereocenters. The maximum atomic E-state index is 5.54. The van der Waals surface area contributed by atoms with Gasteiger partial charge in [-0.2, -0.15) is 0 Å². The first-order valence-electron chi connectivity index (χ1n) is 4.02. The zero-order chi connectivity index (χ0) is 9.97. The molecule has 4 heteroatoms. The summed E-state index contributed by atoms with van der Waals surface area (Å²) in [6.45, 7) is 0. The highest BCUT2D eigenvalue weighted by molar-refractivity contribution is 9.10. The molecule has 3 nitrogen and oxygen atoms in total. The lowest BCUT2D eigenvalue weighted by Crippen LogP contribution is -1.95. The minimum absolute atomic E-state index is 0.399. The van der Waals surface area contributed by atoms with Gasteiger partial charge in [0, 0.05) is 5.56 Å². The number of benzene rings is 1. The summed E-state index contributed by atoms with van der Waals surface area (Å²) in [6.07, 6.45) is 1.65. The van der Waals surface area contributed by atoms with Crippen LogP contribution in [0.15, 0.2) is 35.1 Å². The zero-order valence-electron chi connectivity index (χ0n) is 7.24. The molecule has 1 radical (unpaired) electrons. The van der Waals surface area contributed by atoms with Crippen LogP contribution in [0.5, 0.6) is 0 Å². The fourth-order valence-electron chi connectivity index (χ4n) is 1.07. The van der Waals surface area contributed by atoms with Gasteiger partial charge in [-0.05, 0) is 22.0 Å². The second kappa shape index (κ2) is 3.75. The molecule has 1 aromatic carbocycles. The average Bonchev–Trinajstić information content (AvgIpc) is 2.23. The standard InChI is InChI=1S/C10H7BrN3/c11-9-10(12)13-6-8(14-9)7-4-2-1-3-5-7/h2-6H,(H2,12,13). The van der Waals surface area contributed by atoms with E-state index in [0.717, 1.165) is 11.3 Å². The molecule has 0 amide bonds. The summed E-state index contributed by atoms with van der Waals surface area (Å²) in [6, 6.07) is 10.5. The number of rotatable bonds is 1. The van der Waals surface area contributed by atoms with Gasteiger partial charge in [0.05, 0.1) is 11.9 Å². The third kappa shape index (κ3) is 1.75. The third-order valence-corrected chi connectivity index (χ3v) is 2.35. The summed E-state index contributed by atoms with van der Waals surface area (Å²) >= 11 is 3.24. The Morgan fingerprint density at radius 1 is 1.29 bits per heavy atom. The SMILES string of the molecule is Nc1ncc(-c2cc[c]cc2)nc1Br. The summed E-state index contributed by atoms with van der Waals surface area (Å²) in [5.74, 6) is 0.399. The van der Waals surface area contributed by atoms with Crippen LogP contribution >= 0.6 is 15.9 Å². The number of aromatic nitrogens is 2. The van der Waals surface area contributed by atoms with Crippen molar-refractivity contribution in [1.82, 2.24) is 9.97 Å². The monoisotopic (exact) mass is 248 g/mol. The van der Waals surface area contributed by atoms with Gasteiger partial charge >= 0.3 is 0 Å². The van der Waals surface area contributed by atoms with Crippen molar-refractivity contribution in [2.24, 2.45) is 0 Å². The van der Waals surface area contributed by atoms with Gasteiger partial charge in [-0.3, -0.25) is 0 Å². The molecule has 14 heavy (non-hydrogen) atoms. The molecule has 0 aliphatic rings. The van der Waals surface area contributed by atoms with E-state index in [0.29, 0.717) is 10.4 Å². The minimum atomic E-state index is 0.399. The Bertz CT molecular complexity index is 442. The fraction of sp³-hybridized carbons (Fsp3) is 0. The van der Waals surface area contributed by atoms with Gasteiger partial charge < -0.3 is 5.73 Å². The van der Waals surface area contributed by atoms with Gasteiger partial charge in [-0.25, -0.2) is 9.97 Å². The Labute approximate surface area is 90.1 Å². The van der Waals surface area contributed by atoms with Crippen LogP contribution in [0.25, 0.3) is 11.3 Å². The predicted molar refractivity (Wildman–Crippen MR) is 58.4 cm³/mol. The Morgan fingerprint density at radius 3 is 2.64 bits per heavy atom. The molecule has 0 saturated heterocycles. The zero-order valence-corrected chi connectivity index (χ0v) is 8.82. The smallest absolute Gasteiger partial charge is 0.156 e. The molecular formula is C10H7BrN3. The molecule has 2 rings (SSSR count). The second-order valence-corrected chi connectivity index (χ2v) is 3.47. The molecule has 0 spiro atoms.